The molecule has 1 atom stereocenters. The third-order valence-electron chi connectivity index (χ3n) is 4.55. The van der Waals surface area contributed by atoms with Gasteiger partial charge in [-0.3, -0.25) is 9.89 Å². The lowest BCUT2D eigenvalue weighted by Crippen LogP contribution is -2.44. The minimum atomic E-state index is 0. The summed E-state index contributed by atoms with van der Waals surface area (Å²) in [5, 5.41) is 6.85. The number of hydrogen-bond donors (Lipinski definition) is 2. The molecule has 0 bridgehead atoms. The number of ether oxygens (including phenoxy) is 1. The summed E-state index contributed by atoms with van der Waals surface area (Å²) in [6.07, 6.45) is 3.62. The van der Waals surface area contributed by atoms with Crippen LogP contribution in [0.25, 0.3) is 0 Å². The highest BCUT2D eigenvalue weighted by Gasteiger charge is 2.16. The van der Waals surface area contributed by atoms with Crippen molar-refractivity contribution in [2.45, 2.75) is 53.0 Å². The molecule has 156 valence electrons. The van der Waals surface area contributed by atoms with Crippen LogP contribution in [0, 0.1) is 0 Å². The van der Waals surface area contributed by atoms with E-state index in [0.717, 1.165) is 64.9 Å². The quantitative estimate of drug-likeness (QED) is 0.193. The smallest absolute Gasteiger partial charge is 0.191 e. The van der Waals surface area contributed by atoms with Crippen LogP contribution < -0.4 is 10.6 Å². The van der Waals surface area contributed by atoms with Gasteiger partial charge in [0.05, 0.1) is 19.8 Å². The van der Waals surface area contributed by atoms with Crippen LogP contribution in [0.5, 0.6) is 0 Å². The SMILES string of the molecule is CCCN(CCC)CCCNC(=NCC(C)N1CCOCC1)NCC.I. The largest absolute Gasteiger partial charge is 0.379 e. The van der Waals surface area contributed by atoms with Gasteiger partial charge in [-0.15, -0.1) is 24.0 Å². The van der Waals surface area contributed by atoms with Crippen molar-refractivity contribution in [2.75, 3.05) is 65.6 Å². The fourth-order valence-electron chi connectivity index (χ4n) is 3.18. The molecule has 0 aliphatic carbocycles. The topological polar surface area (TPSA) is 52.1 Å². The Morgan fingerprint density at radius 3 is 2.31 bits per heavy atom. The molecule has 1 aliphatic heterocycles. The van der Waals surface area contributed by atoms with Gasteiger partial charge in [0, 0.05) is 32.2 Å². The highest BCUT2D eigenvalue weighted by molar-refractivity contribution is 14.0. The molecular weight excluding hydrogens is 441 g/mol. The molecule has 1 heterocycles. The van der Waals surface area contributed by atoms with Crippen molar-refractivity contribution in [3.05, 3.63) is 0 Å². The van der Waals surface area contributed by atoms with Crippen LogP contribution in [0.4, 0.5) is 0 Å². The van der Waals surface area contributed by atoms with E-state index in [0.29, 0.717) is 6.04 Å². The average molecular weight is 483 g/mol. The van der Waals surface area contributed by atoms with Crippen LogP contribution in [0.3, 0.4) is 0 Å². The Balaban J connectivity index is 0.00000625. The predicted molar refractivity (Wildman–Crippen MR) is 123 cm³/mol. The lowest BCUT2D eigenvalue weighted by Gasteiger charge is -2.31. The number of morpholine rings is 1. The van der Waals surface area contributed by atoms with Crippen LogP contribution >= 0.6 is 24.0 Å². The molecule has 1 rings (SSSR count). The average Bonchev–Trinajstić information content (AvgIpc) is 2.63. The molecule has 0 aromatic carbocycles. The number of aliphatic imine (C=N–C) groups is 1. The Morgan fingerprint density at radius 1 is 1.08 bits per heavy atom. The maximum atomic E-state index is 5.43. The van der Waals surface area contributed by atoms with Crippen molar-refractivity contribution in [2.24, 2.45) is 4.99 Å². The molecule has 0 aromatic rings. The van der Waals surface area contributed by atoms with Crippen LogP contribution in [-0.4, -0.2) is 87.4 Å². The zero-order valence-electron chi connectivity index (χ0n) is 17.4. The van der Waals surface area contributed by atoms with Crippen molar-refractivity contribution >= 4 is 29.9 Å². The predicted octanol–water partition coefficient (Wildman–Crippen LogP) is 2.39. The van der Waals surface area contributed by atoms with Crippen LogP contribution in [0.1, 0.15) is 47.0 Å². The van der Waals surface area contributed by atoms with Gasteiger partial charge in [0.2, 0.25) is 0 Å². The molecule has 26 heavy (non-hydrogen) atoms. The summed E-state index contributed by atoms with van der Waals surface area (Å²) in [7, 11) is 0. The van der Waals surface area contributed by atoms with Gasteiger partial charge in [0.1, 0.15) is 0 Å². The summed E-state index contributed by atoms with van der Waals surface area (Å²) in [4.78, 5) is 9.80. The summed E-state index contributed by atoms with van der Waals surface area (Å²) < 4.78 is 5.43. The Morgan fingerprint density at radius 2 is 1.73 bits per heavy atom. The van der Waals surface area contributed by atoms with Crippen LogP contribution in [0.15, 0.2) is 4.99 Å². The van der Waals surface area contributed by atoms with E-state index in [9.17, 15) is 0 Å². The van der Waals surface area contributed by atoms with Gasteiger partial charge in [-0.2, -0.15) is 0 Å². The molecular formula is C19H42IN5O. The summed E-state index contributed by atoms with van der Waals surface area (Å²) in [5.74, 6) is 0.945. The lowest BCUT2D eigenvalue weighted by molar-refractivity contribution is 0.0220. The van der Waals surface area contributed by atoms with Gasteiger partial charge in [0.15, 0.2) is 5.96 Å². The zero-order valence-corrected chi connectivity index (χ0v) is 19.8. The molecule has 2 N–H and O–H groups in total. The molecule has 0 aromatic heterocycles. The first-order chi connectivity index (χ1) is 12.2. The standard InChI is InChI=1S/C19H41N5O.HI/c1-5-10-23(11-6-2)12-8-9-21-19(20-7-3)22-17-18(4)24-13-15-25-16-14-24;/h18H,5-17H2,1-4H3,(H2,20,21,22);1H. The highest BCUT2D eigenvalue weighted by Crippen LogP contribution is 2.03. The van der Waals surface area contributed by atoms with Crippen molar-refractivity contribution < 1.29 is 4.74 Å². The van der Waals surface area contributed by atoms with Crippen molar-refractivity contribution in [3.63, 3.8) is 0 Å². The third kappa shape index (κ3) is 11.6. The molecule has 0 radical (unpaired) electrons. The van der Waals surface area contributed by atoms with Crippen LogP contribution in [0.2, 0.25) is 0 Å². The second-order valence-corrected chi connectivity index (χ2v) is 6.84. The molecule has 1 aliphatic rings. The van der Waals surface area contributed by atoms with E-state index < -0.39 is 0 Å². The summed E-state index contributed by atoms with van der Waals surface area (Å²) >= 11 is 0. The molecule has 1 fully saturated rings. The fourth-order valence-corrected chi connectivity index (χ4v) is 3.18. The van der Waals surface area contributed by atoms with Gasteiger partial charge in [0.25, 0.3) is 0 Å². The number of nitrogens with one attached hydrogen (secondary N) is 2. The molecule has 6 nitrogen and oxygen atoms in total. The third-order valence-corrected chi connectivity index (χ3v) is 4.55. The Kier molecular flexibility index (Phi) is 16.9. The van der Waals surface area contributed by atoms with Gasteiger partial charge < -0.3 is 20.3 Å². The maximum Gasteiger partial charge on any atom is 0.191 e. The first kappa shape index (κ1) is 25.9. The molecule has 0 amide bonds. The fraction of sp³-hybridized carbons (Fsp3) is 0.947. The second kappa shape index (κ2) is 17.0. The number of rotatable bonds is 12. The number of hydrogen-bond acceptors (Lipinski definition) is 4. The second-order valence-electron chi connectivity index (χ2n) is 6.84. The number of guanidine groups is 1. The Bertz CT molecular complexity index is 345. The van der Waals surface area contributed by atoms with Gasteiger partial charge in [-0.1, -0.05) is 13.8 Å². The zero-order chi connectivity index (χ0) is 18.3. The first-order valence-corrected chi connectivity index (χ1v) is 10.3. The first-order valence-electron chi connectivity index (χ1n) is 10.3. The summed E-state index contributed by atoms with van der Waals surface area (Å²) in [5.41, 5.74) is 0. The summed E-state index contributed by atoms with van der Waals surface area (Å²) in [6.45, 7) is 18.9. The molecule has 7 heteroatoms. The van der Waals surface area contributed by atoms with Gasteiger partial charge in [-0.05, 0) is 52.7 Å². The Hall–Kier alpha value is -0.120. The molecule has 0 spiro atoms. The number of nitrogens with zero attached hydrogens (tertiary/aromatic N) is 3. The highest BCUT2D eigenvalue weighted by atomic mass is 127. The van der Waals surface area contributed by atoms with Crippen LogP contribution in [-0.2, 0) is 4.74 Å². The van der Waals surface area contributed by atoms with E-state index in [1.165, 1.54) is 25.9 Å². The molecule has 1 saturated heterocycles. The van der Waals surface area contributed by atoms with E-state index >= 15 is 0 Å². The Labute approximate surface area is 178 Å². The van der Waals surface area contributed by atoms with Crippen molar-refractivity contribution in [1.29, 1.82) is 0 Å². The lowest BCUT2D eigenvalue weighted by atomic mass is 10.2. The normalized spacial score (nSPS) is 17.0. The van der Waals surface area contributed by atoms with Gasteiger partial charge in [-0.25, -0.2) is 0 Å². The molecule has 0 saturated carbocycles. The van der Waals surface area contributed by atoms with Gasteiger partial charge >= 0.3 is 0 Å². The minimum Gasteiger partial charge on any atom is -0.379 e. The maximum absolute atomic E-state index is 5.43. The van der Waals surface area contributed by atoms with E-state index in [1.807, 2.05) is 0 Å². The monoisotopic (exact) mass is 483 g/mol. The van der Waals surface area contributed by atoms with Crippen molar-refractivity contribution in [1.82, 2.24) is 20.4 Å². The van der Waals surface area contributed by atoms with E-state index in [-0.39, 0.29) is 24.0 Å². The van der Waals surface area contributed by atoms with Crippen molar-refractivity contribution in [3.8, 4) is 0 Å². The minimum absolute atomic E-state index is 0. The van der Waals surface area contributed by atoms with E-state index in [4.69, 9.17) is 9.73 Å². The molecule has 1 unspecified atom stereocenters. The number of halogens is 1. The summed E-state index contributed by atoms with van der Waals surface area (Å²) in [6, 6.07) is 0.462. The van der Waals surface area contributed by atoms with E-state index in [1.54, 1.807) is 0 Å². The van der Waals surface area contributed by atoms with E-state index in [2.05, 4.69) is 48.1 Å².